The van der Waals surface area contributed by atoms with E-state index < -0.39 is 0 Å². The molecule has 18 heavy (non-hydrogen) atoms. The van der Waals surface area contributed by atoms with Crippen LogP contribution in [0.25, 0.3) is 11.2 Å². The third kappa shape index (κ3) is 2.11. The molecule has 0 spiro atoms. The Morgan fingerprint density at radius 1 is 0.944 bits per heavy atom. The van der Waals surface area contributed by atoms with Crippen LogP contribution in [-0.4, -0.2) is 19.5 Å². The quantitative estimate of drug-likeness (QED) is 0.717. The molecule has 98 valence electrons. The smallest absolute Gasteiger partial charge is 0.163 e. The van der Waals surface area contributed by atoms with E-state index in [0.717, 1.165) is 22.8 Å². The van der Waals surface area contributed by atoms with Gasteiger partial charge in [0.15, 0.2) is 5.65 Å². The number of rotatable bonds is 0. The van der Waals surface area contributed by atoms with E-state index in [1.807, 2.05) is 13.2 Å². The molecule has 0 saturated heterocycles. The molecule has 0 amide bonds. The summed E-state index contributed by atoms with van der Waals surface area (Å²) >= 11 is 0. The summed E-state index contributed by atoms with van der Waals surface area (Å²) in [7, 11) is 2.02. The van der Waals surface area contributed by atoms with Crippen molar-refractivity contribution in [3.8, 4) is 0 Å². The molecule has 0 saturated carbocycles. The lowest BCUT2D eigenvalue weighted by molar-refractivity contribution is 0.524. The van der Waals surface area contributed by atoms with Crippen LogP contribution >= 0.6 is 0 Å². The Morgan fingerprint density at radius 2 is 1.56 bits per heavy atom. The molecule has 0 bridgehead atoms. The predicted molar refractivity (Wildman–Crippen MR) is 73.7 cm³/mol. The van der Waals surface area contributed by atoms with Crippen molar-refractivity contribution in [1.29, 1.82) is 0 Å². The highest BCUT2D eigenvalue weighted by atomic mass is 15.1. The zero-order valence-electron chi connectivity index (χ0n) is 12.4. The Morgan fingerprint density at radius 3 is 2.06 bits per heavy atom. The minimum Gasteiger partial charge on any atom is -0.315 e. The van der Waals surface area contributed by atoms with Crippen LogP contribution in [0.15, 0.2) is 6.20 Å². The number of nitrogens with zero attached hydrogens (tertiary/aromatic N) is 4. The van der Waals surface area contributed by atoms with Crippen LogP contribution in [0.2, 0.25) is 0 Å². The fourth-order valence-electron chi connectivity index (χ4n) is 2.01. The lowest BCUT2D eigenvalue weighted by Gasteiger charge is -2.18. The number of hydrogen-bond donors (Lipinski definition) is 0. The molecule has 0 aliphatic rings. The number of aromatic nitrogens is 4. The van der Waals surface area contributed by atoms with E-state index in [4.69, 9.17) is 0 Å². The molecule has 2 heterocycles. The predicted octanol–water partition coefficient (Wildman–Crippen LogP) is 2.96. The zero-order valence-corrected chi connectivity index (χ0v) is 12.4. The van der Waals surface area contributed by atoms with Crippen molar-refractivity contribution in [3.05, 3.63) is 17.8 Å². The first-order valence-electron chi connectivity index (χ1n) is 6.31. The third-order valence-corrected chi connectivity index (χ3v) is 2.95. The van der Waals surface area contributed by atoms with Crippen LogP contribution in [0, 0.1) is 0 Å². The summed E-state index contributed by atoms with van der Waals surface area (Å²) in [6.45, 7) is 12.8. The van der Waals surface area contributed by atoms with E-state index in [0.29, 0.717) is 0 Å². The van der Waals surface area contributed by atoms with Gasteiger partial charge >= 0.3 is 0 Å². The SMILES string of the molecule is Cn1c(C(C)(C)C)nc2cnc(C(C)(C)C)nc21. The zero-order chi connectivity index (χ0) is 13.7. The minimum atomic E-state index is -0.0413. The fourth-order valence-corrected chi connectivity index (χ4v) is 2.01. The summed E-state index contributed by atoms with van der Waals surface area (Å²) in [6.07, 6.45) is 1.83. The topological polar surface area (TPSA) is 43.6 Å². The molecule has 2 aromatic heterocycles. The van der Waals surface area contributed by atoms with Crippen molar-refractivity contribution in [3.63, 3.8) is 0 Å². The third-order valence-electron chi connectivity index (χ3n) is 2.95. The van der Waals surface area contributed by atoms with Gasteiger partial charge in [-0.2, -0.15) is 0 Å². The number of hydrogen-bond acceptors (Lipinski definition) is 3. The molecular formula is C14H22N4. The first-order chi connectivity index (χ1) is 8.10. The van der Waals surface area contributed by atoms with Crippen molar-refractivity contribution >= 4 is 11.2 Å². The van der Waals surface area contributed by atoms with Crippen molar-refractivity contribution in [2.75, 3.05) is 0 Å². The van der Waals surface area contributed by atoms with Gasteiger partial charge in [0, 0.05) is 17.9 Å². The van der Waals surface area contributed by atoms with Crippen molar-refractivity contribution in [2.24, 2.45) is 7.05 Å². The average Bonchev–Trinajstić information content (AvgIpc) is 2.54. The van der Waals surface area contributed by atoms with Crippen molar-refractivity contribution < 1.29 is 0 Å². The molecule has 2 rings (SSSR count). The van der Waals surface area contributed by atoms with Crippen LogP contribution < -0.4 is 0 Å². The molecule has 0 aliphatic heterocycles. The van der Waals surface area contributed by atoms with Gasteiger partial charge in [-0.25, -0.2) is 15.0 Å². The highest BCUT2D eigenvalue weighted by Gasteiger charge is 2.24. The van der Waals surface area contributed by atoms with Crippen LogP contribution in [0.1, 0.15) is 53.2 Å². The van der Waals surface area contributed by atoms with Gasteiger partial charge in [0.2, 0.25) is 0 Å². The van der Waals surface area contributed by atoms with Crippen LogP contribution in [-0.2, 0) is 17.9 Å². The molecule has 0 N–H and O–H groups in total. The van der Waals surface area contributed by atoms with Gasteiger partial charge in [0.05, 0.1) is 6.20 Å². The van der Waals surface area contributed by atoms with Gasteiger partial charge in [0.25, 0.3) is 0 Å². The minimum absolute atomic E-state index is 0.0113. The van der Waals surface area contributed by atoms with E-state index in [1.54, 1.807) is 0 Å². The summed E-state index contributed by atoms with van der Waals surface area (Å²) in [6, 6.07) is 0. The summed E-state index contributed by atoms with van der Waals surface area (Å²) in [5.74, 6) is 1.90. The van der Waals surface area contributed by atoms with Gasteiger partial charge in [-0.3, -0.25) is 0 Å². The number of aryl methyl sites for hydroxylation is 1. The maximum Gasteiger partial charge on any atom is 0.163 e. The van der Waals surface area contributed by atoms with Gasteiger partial charge in [0.1, 0.15) is 17.2 Å². The molecule has 0 fully saturated rings. The van der Waals surface area contributed by atoms with E-state index in [-0.39, 0.29) is 10.8 Å². The summed E-state index contributed by atoms with van der Waals surface area (Å²) < 4.78 is 2.08. The summed E-state index contributed by atoms with van der Waals surface area (Å²) in [5.41, 5.74) is 1.76. The van der Waals surface area contributed by atoms with Crippen molar-refractivity contribution in [1.82, 2.24) is 19.5 Å². The lowest BCUT2D eigenvalue weighted by atomic mass is 9.96. The fraction of sp³-hybridized carbons (Fsp3) is 0.643. The molecule has 4 nitrogen and oxygen atoms in total. The van der Waals surface area contributed by atoms with E-state index in [2.05, 4.69) is 61.1 Å². The second-order valence-electron chi connectivity index (χ2n) is 6.90. The van der Waals surface area contributed by atoms with Gasteiger partial charge < -0.3 is 4.57 Å². The molecule has 0 atom stereocenters. The molecule has 4 heteroatoms. The monoisotopic (exact) mass is 246 g/mol. The Bertz CT molecular complexity index is 582. The van der Waals surface area contributed by atoms with Gasteiger partial charge in [-0.05, 0) is 0 Å². The molecule has 0 radical (unpaired) electrons. The molecule has 0 aromatic carbocycles. The van der Waals surface area contributed by atoms with Crippen LogP contribution in [0.4, 0.5) is 0 Å². The highest BCUT2D eigenvalue weighted by molar-refractivity contribution is 5.70. The Balaban J connectivity index is 2.68. The largest absolute Gasteiger partial charge is 0.315 e. The Hall–Kier alpha value is -1.45. The molecule has 2 aromatic rings. The highest BCUT2D eigenvalue weighted by Crippen LogP contribution is 2.25. The maximum absolute atomic E-state index is 4.67. The molecule has 0 aliphatic carbocycles. The first-order valence-corrected chi connectivity index (χ1v) is 6.31. The standard InChI is InChI=1S/C14H22N4/c1-13(2,3)11-15-8-9-10(17-11)18(7)12(16-9)14(4,5)6/h8H,1-7H3. The van der Waals surface area contributed by atoms with E-state index >= 15 is 0 Å². The Kier molecular flexibility index (Phi) is 2.72. The van der Waals surface area contributed by atoms with Gasteiger partial charge in [-0.15, -0.1) is 0 Å². The summed E-state index contributed by atoms with van der Waals surface area (Å²) in [4.78, 5) is 13.7. The number of imidazole rings is 1. The van der Waals surface area contributed by atoms with Crippen molar-refractivity contribution in [2.45, 2.75) is 52.4 Å². The second-order valence-corrected chi connectivity index (χ2v) is 6.90. The first kappa shape index (κ1) is 13.0. The number of fused-ring (bicyclic) bond motifs is 1. The van der Waals surface area contributed by atoms with Crippen LogP contribution in [0.3, 0.4) is 0 Å². The van der Waals surface area contributed by atoms with Crippen LogP contribution in [0.5, 0.6) is 0 Å². The Labute approximate surface area is 108 Å². The summed E-state index contributed by atoms with van der Waals surface area (Å²) in [5, 5.41) is 0. The molecule has 0 unspecified atom stereocenters. The molecular weight excluding hydrogens is 224 g/mol. The van der Waals surface area contributed by atoms with E-state index in [9.17, 15) is 0 Å². The normalized spacial score (nSPS) is 13.3. The maximum atomic E-state index is 4.67. The lowest BCUT2D eigenvalue weighted by Crippen LogP contribution is -2.18. The average molecular weight is 246 g/mol. The second kappa shape index (κ2) is 3.77. The van der Waals surface area contributed by atoms with E-state index in [1.165, 1.54) is 0 Å². The van der Waals surface area contributed by atoms with Gasteiger partial charge in [-0.1, -0.05) is 41.5 Å².